The van der Waals surface area contributed by atoms with E-state index in [1.807, 2.05) is 47.4 Å². The molecule has 3 aliphatic heterocycles. The molecular weight excluding hydrogens is 590 g/mol. The third kappa shape index (κ3) is 4.62. The molecule has 4 aromatic rings. The van der Waals surface area contributed by atoms with Crippen LogP contribution in [0.3, 0.4) is 0 Å². The predicted octanol–water partition coefficient (Wildman–Crippen LogP) is 4.49. The Balaban J connectivity index is 1.24. The number of carbonyl (C=O) groups excluding carboxylic acids is 1. The number of hydrogen-bond donors (Lipinski definition) is 1. The Labute approximate surface area is 263 Å². The number of nitrogens with zero attached hydrogens (tertiary/aromatic N) is 6. The number of fused-ring (bicyclic) bond motifs is 4. The van der Waals surface area contributed by atoms with Crippen LogP contribution in [0.25, 0.3) is 28.1 Å². The fourth-order valence-corrected chi connectivity index (χ4v) is 9.86. The molecule has 11 nitrogen and oxygen atoms in total. The molecule has 1 aliphatic carbocycles. The summed E-state index contributed by atoms with van der Waals surface area (Å²) in [6, 6.07) is 9.76. The third-order valence-electron chi connectivity index (χ3n) is 10.5. The summed E-state index contributed by atoms with van der Waals surface area (Å²) in [7, 11) is -1.84. The first kappa shape index (κ1) is 28.8. The molecule has 4 aromatic heterocycles. The molecule has 0 spiro atoms. The highest BCUT2D eigenvalue weighted by Crippen LogP contribution is 2.40. The summed E-state index contributed by atoms with van der Waals surface area (Å²) < 4.78 is 38.1. The Hall–Kier alpha value is -3.64. The molecule has 4 fully saturated rings. The topological polar surface area (TPSA) is 128 Å². The molecule has 3 saturated heterocycles. The molecule has 2 bridgehead atoms. The van der Waals surface area contributed by atoms with Gasteiger partial charge in [0.05, 0.1) is 24.3 Å². The summed E-state index contributed by atoms with van der Waals surface area (Å²) in [4.78, 5) is 25.9. The highest BCUT2D eigenvalue weighted by Gasteiger charge is 2.47. The van der Waals surface area contributed by atoms with E-state index in [-0.39, 0.29) is 35.8 Å². The molecule has 1 saturated carbocycles. The second-order valence-corrected chi connectivity index (χ2v) is 15.5. The van der Waals surface area contributed by atoms with E-state index in [2.05, 4.69) is 10.6 Å². The van der Waals surface area contributed by atoms with Gasteiger partial charge in [-0.05, 0) is 89.0 Å². The lowest BCUT2D eigenvalue weighted by molar-refractivity contribution is 0.0726. The number of nitrogens with two attached hydrogens (primary N) is 1. The van der Waals surface area contributed by atoms with Crippen LogP contribution >= 0.6 is 0 Å². The quantitative estimate of drug-likeness (QED) is 0.332. The fraction of sp³-hybridized carbons (Fsp3) is 0.545. The monoisotopic (exact) mass is 631 g/mol. The lowest BCUT2D eigenvalue weighted by Crippen LogP contribution is -2.40. The maximum absolute atomic E-state index is 13.8. The van der Waals surface area contributed by atoms with E-state index >= 15 is 0 Å². The van der Waals surface area contributed by atoms with Crippen molar-refractivity contribution in [2.24, 2.45) is 11.7 Å². The molecule has 7 heterocycles. The van der Waals surface area contributed by atoms with Crippen molar-refractivity contribution in [3.8, 4) is 17.3 Å². The zero-order valence-electron chi connectivity index (χ0n) is 26.1. The van der Waals surface area contributed by atoms with E-state index < -0.39 is 10.0 Å². The number of pyridine rings is 2. The van der Waals surface area contributed by atoms with Crippen LogP contribution in [0.4, 0.5) is 5.82 Å². The minimum Gasteiger partial charge on any atom is -0.482 e. The fourth-order valence-electron chi connectivity index (χ4n) is 8.06. The first-order valence-corrected chi connectivity index (χ1v) is 17.9. The van der Waals surface area contributed by atoms with E-state index in [0.29, 0.717) is 35.2 Å². The Morgan fingerprint density at radius 1 is 1.07 bits per heavy atom. The summed E-state index contributed by atoms with van der Waals surface area (Å²) in [5.41, 5.74) is 10.9. The van der Waals surface area contributed by atoms with E-state index in [9.17, 15) is 13.2 Å². The van der Waals surface area contributed by atoms with Crippen LogP contribution in [-0.4, -0.2) is 75.2 Å². The van der Waals surface area contributed by atoms with Gasteiger partial charge in [0.15, 0.2) is 5.88 Å². The molecule has 8 rings (SSSR count). The van der Waals surface area contributed by atoms with Crippen molar-refractivity contribution in [2.75, 3.05) is 17.2 Å². The summed E-state index contributed by atoms with van der Waals surface area (Å²) in [5, 5.41) is 0.939. The van der Waals surface area contributed by atoms with Gasteiger partial charge in [0.1, 0.15) is 22.8 Å². The molecule has 12 heteroatoms. The lowest BCUT2D eigenvalue weighted by Gasteiger charge is -2.27. The number of anilines is 1. The SMILES string of the molecule is COc1cc(C(=O)N2[C@H]3CC[C@@H]2[C@H](N)C3)cc2nc(-c3cc4ccc(N5C(C)CCCCS5(=O)=O)nc4n3CC3CC3)c(C)n12. The molecule has 45 heavy (non-hydrogen) atoms. The Morgan fingerprint density at radius 3 is 2.60 bits per heavy atom. The Kier molecular flexibility index (Phi) is 6.69. The van der Waals surface area contributed by atoms with Crippen LogP contribution in [0.1, 0.15) is 74.3 Å². The number of ether oxygens (including phenoxy) is 1. The van der Waals surface area contributed by atoms with Crippen LogP contribution in [0.2, 0.25) is 0 Å². The molecule has 4 atom stereocenters. The van der Waals surface area contributed by atoms with Gasteiger partial charge in [0.2, 0.25) is 10.0 Å². The number of sulfonamides is 1. The minimum absolute atomic E-state index is 0.0178. The molecule has 238 valence electrons. The summed E-state index contributed by atoms with van der Waals surface area (Å²) in [6.45, 7) is 4.77. The van der Waals surface area contributed by atoms with Gasteiger partial charge in [0.25, 0.3) is 5.91 Å². The number of hydrogen-bond acceptors (Lipinski definition) is 7. The van der Waals surface area contributed by atoms with Crippen LogP contribution in [0.5, 0.6) is 5.88 Å². The average Bonchev–Trinajstić information content (AvgIpc) is 3.39. The van der Waals surface area contributed by atoms with Crippen molar-refractivity contribution in [3.05, 3.63) is 41.6 Å². The minimum atomic E-state index is -3.46. The summed E-state index contributed by atoms with van der Waals surface area (Å²) >= 11 is 0. The van der Waals surface area contributed by atoms with Crippen LogP contribution in [0.15, 0.2) is 30.3 Å². The van der Waals surface area contributed by atoms with Gasteiger partial charge < -0.3 is 19.9 Å². The average molecular weight is 632 g/mol. The van der Waals surface area contributed by atoms with Gasteiger partial charge in [-0.25, -0.2) is 18.4 Å². The third-order valence-corrected chi connectivity index (χ3v) is 12.5. The molecule has 2 N–H and O–H groups in total. The van der Waals surface area contributed by atoms with Gasteiger partial charge in [-0.3, -0.25) is 13.5 Å². The lowest BCUT2D eigenvalue weighted by atomic mass is 9.97. The van der Waals surface area contributed by atoms with E-state index in [0.717, 1.165) is 79.6 Å². The van der Waals surface area contributed by atoms with Crippen LogP contribution in [0, 0.1) is 12.8 Å². The second kappa shape index (κ2) is 10.4. The molecule has 0 radical (unpaired) electrons. The van der Waals surface area contributed by atoms with Crippen molar-refractivity contribution < 1.29 is 17.9 Å². The van der Waals surface area contributed by atoms with Gasteiger partial charge >= 0.3 is 0 Å². The maximum atomic E-state index is 13.8. The maximum Gasteiger partial charge on any atom is 0.254 e. The summed E-state index contributed by atoms with van der Waals surface area (Å²) in [6.07, 6.45) is 7.48. The zero-order chi connectivity index (χ0) is 31.2. The van der Waals surface area contributed by atoms with E-state index in [1.54, 1.807) is 7.11 Å². The van der Waals surface area contributed by atoms with Gasteiger partial charge in [0, 0.05) is 47.7 Å². The number of carbonyl (C=O) groups is 1. The van der Waals surface area contributed by atoms with Crippen molar-refractivity contribution >= 4 is 38.4 Å². The zero-order valence-corrected chi connectivity index (χ0v) is 27.0. The van der Waals surface area contributed by atoms with Crippen molar-refractivity contribution in [2.45, 2.75) is 95.9 Å². The smallest absolute Gasteiger partial charge is 0.254 e. The highest BCUT2D eigenvalue weighted by atomic mass is 32.2. The number of aromatic nitrogens is 4. The van der Waals surface area contributed by atoms with Crippen molar-refractivity contribution in [1.29, 1.82) is 0 Å². The predicted molar refractivity (Wildman–Crippen MR) is 173 cm³/mol. The number of amides is 1. The first-order valence-electron chi connectivity index (χ1n) is 16.3. The van der Waals surface area contributed by atoms with Crippen LogP contribution < -0.4 is 14.8 Å². The van der Waals surface area contributed by atoms with Gasteiger partial charge in [-0.2, -0.15) is 0 Å². The first-order chi connectivity index (χ1) is 21.6. The van der Waals surface area contributed by atoms with Gasteiger partial charge in [-0.15, -0.1) is 0 Å². The number of aryl methyl sites for hydroxylation is 1. The van der Waals surface area contributed by atoms with Crippen LogP contribution in [-0.2, 0) is 16.6 Å². The summed E-state index contributed by atoms with van der Waals surface area (Å²) in [5.74, 6) is 1.70. The highest BCUT2D eigenvalue weighted by molar-refractivity contribution is 7.92. The molecule has 0 aromatic carbocycles. The normalized spacial score (nSPS) is 26.2. The molecular formula is C33H41N7O4S. The molecule has 4 aliphatic rings. The largest absolute Gasteiger partial charge is 0.482 e. The number of methoxy groups -OCH3 is 1. The van der Waals surface area contributed by atoms with Gasteiger partial charge in [-0.1, -0.05) is 6.42 Å². The number of imidazole rings is 1. The molecule has 1 unspecified atom stereocenters. The van der Waals surface area contributed by atoms with Crippen molar-refractivity contribution in [3.63, 3.8) is 0 Å². The second-order valence-electron chi connectivity index (χ2n) is 13.6. The standard InChI is InChI=1S/C33H41N7O4S/c1-19-6-4-5-13-45(42,43)40(19)28-12-9-22-14-27(37(32(22)36-28)18-21-7-8-21)31-20(2)38-29(35-31)15-23(16-30(38)44-3)33(41)39-24-10-11-26(39)25(34)17-24/h9,12,14-16,19,21,24-26H,4-8,10-11,13,17-18,34H2,1-3H3/t19?,24-,25+,26+/m0/s1. The molecule has 1 amide bonds. The van der Waals surface area contributed by atoms with Crippen molar-refractivity contribution in [1.82, 2.24) is 23.8 Å². The number of rotatable bonds is 6. The van der Waals surface area contributed by atoms with E-state index in [1.165, 1.54) is 4.31 Å². The Morgan fingerprint density at radius 2 is 1.89 bits per heavy atom. The Bertz CT molecular complexity index is 1950. The van der Waals surface area contributed by atoms with E-state index in [4.69, 9.17) is 20.4 Å².